The van der Waals surface area contributed by atoms with E-state index >= 15 is 0 Å². The maximum atomic E-state index is 11.9. The van der Waals surface area contributed by atoms with Crippen molar-refractivity contribution in [2.24, 2.45) is 0 Å². The van der Waals surface area contributed by atoms with Gasteiger partial charge in [0, 0.05) is 18.6 Å². The first kappa shape index (κ1) is 24.9. The second kappa shape index (κ2) is 11.8. The average Bonchev–Trinajstić information content (AvgIpc) is 2.81. The highest BCUT2D eigenvalue weighted by molar-refractivity contribution is 5.87. The van der Waals surface area contributed by atoms with Crippen molar-refractivity contribution in [3.8, 4) is 23.0 Å². The van der Waals surface area contributed by atoms with Gasteiger partial charge in [0.15, 0.2) is 36.2 Å². The van der Waals surface area contributed by atoms with Crippen molar-refractivity contribution in [2.75, 3.05) is 27.4 Å². The van der Waals surface area contributed by atoms with Crippen LogP contribution in [0.1, 0.15) is 22.8 Å². The number of hydrogen-bond acceptors (Lipinski definition) is 10. The molecule has 0 aromatic heterocycles. The molecule has 2 aromatic rings. The van der Waals surface area contributed by atoms with Crippen LogP contribution in [0.5, 0.6) is 23.0 Å². The summed E-state index contributed by atoms with van der Waals surface area (Å²) in [4.78, 5) is 44.8. The minimum absolute atomic E-state index is 0.0627. The molecular formula is C22H21NO10. The largest absolute Gasteiger partial charge is 0.493 e. The SMILES string of the molecule is COc1cc(C=O)ccc1OCC(=O)OC(=O)COc1ccc(C=C(C)[N+](=O)[O-])cc1OC. The van der Waals surface area contributed by atoms with Crippen molar-refractivity contribution < 1.29 is 43.0 Å². The van der Waals surface area contributed by atoms with Crippen LogP contribution in [0.4, 0.5) is 0 Å². The van der Waals surface area contributed by atoms with Gasteiger partial charge in [-0.25, -0.2) is 9.59 Å². The minimum atomic E-state index is -0.970. The first-order chi connectivity index (χ1) is 15.8. The summed E-state index contributed by atoms with van der Waals surface area (Å²) in [7, 11) is 2.74. The monoisotopic (exact) mass is 459 g/mol. The molecule has 0 saturated carbocycles. The fourth-order valence-electron chi connectivity index (χ4n) is 2.52. The predicted octanol–water partition coefficient (Wildman–Crippen LogP) is 2.68. The lowest BCUT2D eigenvalue weighted by atomic mass is 10.1. The Kier molecular flexibility index (Phi) is 8.92. The van der Waals surface area contributed by atoms with Gasteiger partial charge < -0.3 is 23.7 Å². The van der Waals surface area contributed by atoms with E-state index in [-0.39, 0.29) is 28.7 Å². The average molecular weight is 459 g/mol. The molecule has 0 bridgehead atoms. The molecular weight excluding hydrogens is 438 g/mol. The molecule has 11 heteroatoms. The molecule has 0 N–H and O–H groups in total. The number of allylic oxidation sites excluding steroid dienone is 1. The van der Waals surface area contributed by atoms with Crippen molar-refractivity contribution >= 4 is 24.3 Å². The van der Waals surface area contributed by atoms with Crippen molar-refractivity contribution in [1.29, 1.82) is 0 Å². The van der Waals surface area contributed by atoms with Gasteiger partial charge >= 0.3 is 11.9 Å². The van der Waals surface area contributed by atoms with E-state index in [1.807, 2.05) is 0 Å². The normalized spacial score (nSPS) is 10.7. The number of esters is 2. The molecule has 33 heavy (non-hydrogen) atoms. The van der Waals surface area contributed by atoms with Gasteiger partial charge in [0.2, 0.25) is 5.70 Å². The van der Waals surface area contributed by atoms with E-state index in [1.165, 1.54) is 57.6 Å². The molecule has 0 spiro atoms. The quantitative estimate of drug-likeness (QED) is 0.162. The number of benzene rings is 2. The Balaban J connectivity index is 1.91. The van der Waals surface area contributed by atoms with Gasteiger partial charge in [0.05, 0.1) is 19.1 Å². The topological polar surface area (TPSA) is 140 Å². The number of aldehydes is 1. The lowest BCUT2D eigenvalue weighted by molar-refractivity contribution is -0.422. The first-order valence-corrected chi connectivity index (χ1v) is 9.40. The third-order valence-electron chi connectivity index (χ3n) is 4.09. The number of methoxy groups -OCH3 is 2. The minimum Gasteiger partial charge on any atom is -0.493 e. The summed E-state index contributed by atoms with van der Waals surface area (Å²) in [5, 5.41) is 10.8. The van der Waals surface area contributed by atoms with E-state index in [1.54, 1.807) is 6.07 Å². The Hall–Kier alpha value is -4.41. The Bertz CT molecular complexity index is 1080. The Morgan fingerprint density at radius 2 is 1.36 bits per heavy atom. The maximum Gasteiger partial charge on any atom is 0.351 e. The summed E-state index contributed by atoms with van der Waals surface area (Å²) in [5.74, 6) is -1.10. The molecule has 11 nitrogen and oxygen atoms in total. The third kappa shape index (κ3) is 7.35. The number of hydrogen-bond donors (Lipinski definition) is 0. The van der Waals surface area contributed by atoms with Crippen LogP contribution in [0.3, 0.4) is 0 Å². The summed E-state index contributed by atoms with van der Waals surface area (Å²) in [6.07, 6.45) is 1.98. The van der Waals surface area contributed by atoms with Crippen molar-refractivity contribution in [1.82, 2.24) is 0 Å². The van der Waals surface area contributed by atoms with Crippen LogP contribution in [0.15, 0.2) is 42.1 Å². The van der Waals surface area contributed by atoms with Gasteiger partial charge in [-0.1, -0.05) is 6.07 Å². The standard InChI is InChI=1S/C22H21NO10/c1-14(23(27)28)8-15-4-6-17(19(9-15)29-2)31-12-21(25)33-22(26)13-32-18-7-5-16(11-24)10-20(18)30-3/h4-11H,12-13H2,1-3H3. The molecule has 0 radical (unpaired) electrons. The molecule has 0 atom stereocenters. The summed E-state index contributed by atoms with van der Waals surface area (Å²) in [6, 6.07) is 8.85. The number of rotatable bonds is 11. The Labute approximate surface area is 188 Å². The predicted molar refractivity (Wildman–Crippen MR) is 114 cm³/mol. The highest BCUT2D eigenvalue weighted by Gasteiger charge is 2.15. The van der Waals surface area contributed by atoms with Crippen LogP contribution >= 0.6 is 0 Å². The smallest absolute Gasteiger partial charge is 0.351 e. The Morgan fingerprint density at radius 1 is 0.879 bits per heavy atom. The molecule has 0 aliphatic rings. The number of carbonyl (C=O) groups is 3. The second-order valence-corrected chi connectivity index (χ2v) is 6.40. The van der Waals surface area contributed by atoms with E-state index in [2.05, 4.69) is 4.74 Å². The highest BCUT2D eigenvalue weighted by Crippen LogP contribution is 2.29. The van der Waals surface area contributed by atoms with Crippen LogP contribution in [0, 0.1) is 10.1 Å². The molecule has 0 aliphatic carbocycles. The summed E-state index contributed by atoms with van der Waals surface area (Å²) >= 11 is 0. The second-order valence-electron chi connectivity index (χ2n) is 6.40. The van der Waals surface area contributed by atoms with Crippen molar-refractivity contribution in [3.05, 3.63) is 63.3 Å². The van der Waals surface area contributed by atoms with Crippen LogP contribution < -0.4 is 18.9 Å². The van der Waals surface area contributed by atoms with Gasteiger partial charge in [0.25, 0.3) is 0 Å². The van der Waals surface area contributed by atoms with Crippen LogP contribution in [0.25, 0.3) is 6.08 Å². The number of nitro groups is 1. The lowest BCUT2D eigenvalue weighted by Gasteiger charge is -2.12. The van der Waals surface area contributed by atoms with Crippen LogP contribution in [0.2, 0.25) is 0 Å². The molecule has 2 rings (SSSR count). The van der Waals surface area contributed by atoms with E-state index < -0.39 is 30.1 Å². The van der Waals surface area contributed by atoms with Gasteiger partial charge in [-0.2, -0.15) is 0 Å². The highest BCUT2D eigenvalue weighted by atomic mass is 16.6. The van der Waals surface area contributed by atoms with Gasteiger partial charge in [-0.15, -0.1) is 0 Å². The summed E-state index contributed by atoms with van der Waals surface area (Å²) in [6.45, 7) is 0.176. The van der Waals surface area contributed by atoms with E-state index in [4.69, 9.17) is 18.9 Å². The third-order valence-corrected chi connectivity index (χ3v) is 4.09. The Morgan fingerprint density at radius 3 is 1.82 bits per heavy atom. The summed E-state index contributed by atoms with van der Waals surface area (Å²) in [5.41, 5.74) is 0.800. The van der Waals surface area contributed by atoms with Gasteiger partial charge in [-0.3, -0.25) is 14.9 Å². The molecule has 174 valence electrons. The van der Waals surface area contributed by atoms with Gasteiger partial charge in [0.1, 0.15) is 6.29 Å². The zero-order valence-electron chi connectivity index (χ0n) is 18.1. The molecule has 0 unspecified atom stereocenters. The fraction of sp³-hybridized carbons (Fsp3) is 0.227. The lowest BCUT2D eigenvalue weighted by Crippen LogP contribution is -2.23. The zero-order valence-corrected chi connectivity index (χ0v) is 18.1. The summed E-state index contributed by atoms with van der Waals surface area (Å²) < 4.78 is 25.5. The van der Waals surface area contributed by atoms with Crippen molar-refractivity contribution in [3.63, 3.8) is 0 Å². The van der Waals surface area contributed by atoms with E-state index in [0.29, 0.717) is 17.4 Å². The van der Waals surface area contributed by atoms with Crippen LogP contribution in [-0.4, -0.2) is 50.6 Å². The number of carbonyl (C=O) groups excluding carboxylic acids is 3. The van der Waals surface area contributed by atoms with E-state index in [9.17, 15) is 24.5 Å². The number of nitrogens with zero attached hydrogens (tertiary/aromatic N) is 1. The molecule has 0 aliphatic heterocycles. The molecule has 0 amide bonds. The van der Waals surface area contributed by atoms with E-state index in [0.717, 1.165) is 0 Å². The first-order valence-electron chi connectivity index (χ1n) is 9.40. The zero-order chi connectivity index (χ0) is 24.4. The molecule has 0 saturated heterocycles. The van der Waals surface area contributed by atoms with Gasteiger partial charge in [-0.05, 0) is 35.9 Å². The van der Waals surface area contributed by atoms with Crippen LogP contribution in [-0.2, 0) is 14.3 Å². The van der Waals surface area contributed by atoms with Crippen molar-refractivity contribution in [2.45, 2.75) is 6.92 Å². The molecule has 0 heterocycles. The number of ether oxygens (including phenoxy) is 5. The molecule has 0 fully saturated rings. The molecule has 2 aromatic carbocycles. The maximum absolute atomic E-state index is 11.9. The fourth-order valence-corrected chi connectivity index (χ4v) is 2.52.